The largest absolute Gasteiger partial charge is 0.303 e. The maximum Gasteiger partial charge on any atom is 0.128 e. The van der Waals surface area contributed by atoms with Crippen LogP contribution in [-0.4, -0.2) is 24.5 Å². The van der Waals surface area contributed by atoms with E-state index in [0.29, 0.717) is 23.9 Å². The molecule has 0 radical (unpaired) electrons. The van der Waals surface area contributed by atoms with Gasteiger partial charge in [0.15, 0.2) is 0 Å². The van der Waals surface area contributed by atoms with Crippen molar-refractivity contribution in [1.29, 1.82) is 5.26 Å². The molecule has 1 saturated carbocycles. The Balaban J connectivity index is 1.63. The summed E-state index contributed by atoms with van der Waals surface area (Å²) in [5.74, 6) is 0.0530. The number of rotatable bonds is 9. The number of hydrogen-bond donors (Lipinski definition) is 0. The van der Waals surface area contributed by atoms with Crippen molar-refractivity contribution in [2.24, 2.45) is 5.92 Å². The summed E-state index contributed by atoms with van der Waals surface area (Å²) in [7, 11) is 2.14. The second-order valence-corrected chi connectivity index (χ2v) is 7.94. The van der Waals surface area contributed by atoms with Crippen LogP contribution in [0.15, 0.2) is 54.6 Å². The molecule has 0 bridgehead atoms. The minimum Gasteiger partial charge on any atom is -0.303 e. The van der Waals surface area contributed by atoms with Crippen LogP contribution in [0.3, 0.4) is 0 Å². The van der Waals surface area contributed by atoms with Crippen LogP contribution < -0.4 is 0 Å². The summed E-state index contributed by atoms with van der Waals surface area (Å²) < 4.78 is 14.5. The Morgan fingerprint density at radius 3 is 2.44 bits per heavy atom. The number of halogens is 1. The van der Waals surface area contributed by atoms with Crippen molar-refractivity contribution < 1.29 is 4.39 Å². The molecule has 2 atom stereocenters. The summed E-state index contributed by atoms with van der Waals surface area (Å²) in [6, 6.07) is 20.2. The van der Waals surface area contributed by atoms with Crippen molar-refractivity contribution >= 4 is 0 Å². The first-order valence-corrected chi connectivity index (χ1v) is 9.97. The number of nitriles is 1. The van der Waals surface area contributed by atoms with Gasteiger partial charge in [-0.15, -0.1) is 0 Å². The highest BCUT2D eigenvalue weighted by Gasteiger charge is 2.48. The zero-order chi connectivity index (χ0) is 19.3. The standard InChI is InChI=1S/C24H29FN2/c1-19(27(2)17-15-20-8-4-3-5-9-20)14-16-24(18-26,21-12-13-21)22-10-6-7-11-23(22)25/h3-11,19,21H,12-17H2,1-2H3. The summed E-state index contributed by atoms with van der Waals surface area (Å²) in [6.45, 7) is 3.19. The number of hydrogen-bond acceptors (Lipinski definition) is 2. The third kappa shape index (κ3) is 4.57. The normalized spacial score (nSPS) is 17.3. The van der Waals surface area contributed by atoms with Crippen LogP contribution >= 0.6 is 0 Å². The lowest BCUT2D eigenvalue weighted by molar-refractivity contribution is 0.230. The molecule has 2 unspecified atom stereocenters. The van der Waals surface area contributed by atoms with Gasteiger partial charge in [-0.1, -0.05) is 48.5 Å². The molecule has 0 saturated heterocycles. The van der Waals surface area contributed by atoms with E-state index in [9.17, 15) is 9.65 Å². The first kappa shape index (κ1) is 19.6. The summed E-state index contributed by atoms with van der Waals surface area (Å²) in [6.07, 6.45) is 4.68. The second kappa shape index (κ2) is 8.67. The van der Waals surface area contributed by atoms with E-state index in [1.54, 1.807) is 12.1 Å². The Hall–Kier alpha value is -2.18. The van der Waals surface area contributed by atoms with Gasteiger partial charge in [0.25, 0.3) is 0 Å². The number of nitrogens with zero attached hydrogens (tertiary/aromatic N) is 2. The molecule has 2 nitrogen and oxygen atoms in total. The zero-order valence-electron chi connectivity index (χ0n) is 16.4. The number of likely N-dealkylation sites (N-methyl/N-ethyl adjacent to an activating group) is 1. The second-order valence-electron chi connectivity index (χ2n) is 7.94. The molecule has 0 heterocycles. The molecule has 3 rings (SSSR count). The topological polar surface area (TPSA) is 27.0 Å². The first-order valence-electron chi connectivity index (χ1n) is 9.97. The molecule has 2 aromatic carbocycles. The Morgan fingerprint density at radius 2 is 1.81 bits per heavy atom. The molecular weight excluding hydrogens is 335 g/mol. The SMILES string of the molecule is CC(CCC(C#N)(c1ccccc1F)C1CC1)N(C)CCc1ccccc1. The lowest BCUT2D eigenvalue weighted by atomic mass is 9.73. The highest BCUT2D eigenvalue weighted by Crippen LogP contribution is 2.50. The van der Waals surface area contributed by atoms with Gasteiger partial charge in [0.2, 0.25) is 0 Å². The van der Waals surface area contributed by atoms with E-state index in [1.807, 2.05) is 12.1 Å². The Morgan fingerprint density at radius 1 is 1.15 bits per heavy atom. The molecule has 0 spiro atoms. The molecule has 0 aromatic heterocycles. The maximum atomic E-state index is 14.5. The van der Waals surface area contributed by atoms with Crippen molar-refractivity contribution in [2.75, 3.05) is 13.6 Å². The minimum atomic E-state index is -0.681. The van der Waals surface area contributed by atoms with E-state index >= 15 is 0 Å². The Labute approximate surface area is 162 Å². The monoisotopic (exact) mass is 364 g/mol. The molecule has 0 aliphatic heterocycles. The summed E-state index contributed by atoms with van der Waals surface area (Å²) in [4.78, 5) is 2.35. The average Bonchev–Trinajstić information content (AvgIpc) is 3.54. The Kier molecular flexibility index (Phi) is 6.29. The smallest absolute Gasteiger partial charge is 0.128 e. The molecule has 0 N–H and O–H groups in total. The van der Waals surface area contributed by atoms with Crippen LogP contribution in [-0.2, 0) is 11.8 Å². The molecule has 1 aliphatic carbocycles. The predicted molar refractivity (Wildman–Crippen MR) is 108 cm³/mol. The quantitative estimate of drug-likeness (QED) is 0.600. The van der Waals surface area contributed by atoms with Gasteiger partial charge in [0.05, 0.1) is 11.5 Å². The van der Waals surface area contributed by atoms with Gasteiger partial charge in [0, 0.05) is 18.2 Å². The van der Waals surface area contributed by atoms with Gasteiger partial charge in [-0.2, -0.15) is 5.26 Å². The van der Waals surface area contributed by atoms with E-state index in [-0.39, 0.29) is 5.82 Å². The van der Waals surface area contributed by atoms with Crippen LogP contribution in [0.4, 0.5) is 4.39 Å². The van der Waals surface area contributed by atoms with Crippen LogP contribution in [0.5, 0.6) is 0 Å². The molecule has 27 heavy (non-hydrogen) atoms. The van der Waals surface area contributed by atoms with Crippen molar-refractivity contribution in [2.45, 2.75) is 50.5 Å². The molecule has 1 aliphatic rings. The minimum absolute atomic E-state index is 0.240. The summed E-state index contributed by atoms with van der Waals surface area (Å²) in [5.41, 5.74) is 1.25. The van der Waals surface area contributed by atoms with Crippen LogP contribution in [0.2, 0.25) is 0 Å². The van der Waals surface area contributed by atoms with E-state index in [0.717, 1.165) is 32.2 Å². The highest BCUT2D eigenvalue weighted by atomic mass is 19.1. The third-order valence-electron chi connectivity index (χ3n) is 6.13. The van der Waals surface area contributed by atoms with E-state index < -0.39 is 5.41 Å². The lowest BCUT2D eigenvalue weighted by Crippen LogP contribution is -2.35. The van der Waals surface area contributed by atoms with Crippen molar-refractivity contribution in [3.63, 3.8) is 0 Å². The molecule has 0 amide bonds. The Bertz CT molecular complexity index is 778. The highest BCUT2D eigenvalue weighted by molar-refractivity contribution is 5.36. The van der Waals surface area contributed by atoms with Crippen molar-refractivity contribution in [1.82, 2.24) is 4.90 Å². The first-order chi connectivity index (χ1) is 13.1. The molecule has 142 valence electrons. The number of benzene rings is 2. The van der Waals surface area contributed by atoms with Gasteiger partial charge in [0.1, 0.15) is 5.82 Å². The summed E-state index contributed by atoms with van der Waals surface area (Å²) >= 11 is 0. The lowest BCUT2D eigenvalue weighted by Gasteiger charge is -2.31. The third-order valence-corrected chi connectivity index (χ3v) is 6.13. The fourth-order valence-electron chi connectivity index (χ4n) is 3.99. The van der Waals surface area contributed by atoms with Crippen molar-refractivity contribution in [3.8, 4) is 6.07 Å². The van der Waals surface area contributed by atoms with Gasteiger partial charge in [-0.3, -0.25) is 0 Å². The van der Waals surface area contributed by atoms with Gasteiger partial charge >= 0.3 is 0 Å². The maximum absolute atomic E-state index is 14.5. The van der Waals surface area contributed by atoms with Crippen LogP contribution in [0.25, 0.3) is 0 Å². The van der Waals surface area contributed by atoms with E-state index in [4.69, 9.17) is 0 Å². The van der Waals surface area contributed by atoms with Crippen LogP contribution in [0.1, 0.15) is 43.7 Å². The predicted octanol–water partition coefficient (Wildman–Crippen LogP) is 5.34. The van der Waals surface area contributed by atoms with Gasteiger partial charge in [-0.25, -0.2) is 4.39 Å². The van der Waals surface area contributed by atoms with E-state index in [2.05, 4.69) is 49.2 Å². The summed E-state index contributed by atoms with van der Waals surface area (Å²) in [5, 5.41) is 10.0. The molecular formula is C24H29FN2. The molecule has 1 fully saturated rings. The van der Waals surface area contributed by atoms with Gasteiger partial charge < -0.3 is 4.90 Å². The average molecular weight is 365 g/mol. The fraction of sp³-hybridized carbons (Fsp3) is 0.458. The van der Waals surface area contributed by atoms with Gasteiger partial charge in [-0.05, 0) is 63.6 Å². The zero-order valence-corrected chi connectivity index (χ0v) is 16.4. The van der Waals surface area contributed by atoms with Crippen molar-refractivity contribution in [3.05, 3.63) is 71.5 Å². The fourth-order valence-corrected chi connectivity index (χ4v) is 3.99. The molecule has 2 aromatic rings. The molecule has 3 heteroatoms. The van der Waals surface area contributed by atoms with Crippen LogP contribution in [0, 0.1) is 23.1 Å². The van der Waals surface area contributed by atoms with E-state index in [1.165, 1.54) is 11.6 Å².